The largest absolute Gasteiger partial charge is 0.505 e. The van der Waals surface area contributed by atoms with Gasteiger partial charge in [-0.25, -0.2) is 0 Å². The predicted octanol–water partition coefficient (Wildman–Crippen LogP) is 2.31. The van der Waals surface area contributed by atoms with Crippen molar-refractivity contribution in [2.75, 3.05) is 11.1 Å². The molecule has 2 rings (SSSR count). The Balaban J connectivity index is 2.05. The third-order valence-electron chi connectivity index (χ3n) is 2.45. The molecule has 1 aromatic carbocycles. The molecule has 5 nitrogen and oxygen atoms in total. The number of nitrogens with one attached hydrogen (secondary N) is 1. The number of phenols is 1. The zero-order chi connectivity index (χ0) is 13.8. The number of anilines is 2. The number of phenolic OH excluding ortho intramolecular Hbond substituents is 1. The van der Waals surface area contributed by atoms with Crippen molar-refractivity contribution in [3.63, 3.8) is 0 Å². The van der Waals surface area contributed by atoms with Crippen LogP contribution in [-0.2, 0) is 11.2 Å². The second-order valence-corrected chi connectivity index (χ2v) is 4.80. The second-order valence-electron chi connectivity index (χ2n) is 3.94. The number of nitrogens with two attached hydrogens (primary N) is 1. The highest BCUT2D eigenvalue weighted by Gasteiger charge is 2.09. The minimum Gasteiger partial charge on any atom is -0.505 e. The molecule has 4 N–H and O–H groups in total. The van der Waals surface area contributed by atoms with Gasteiger partial charge in [0.05, 0.1) is 28.5 Å². The molecule has 0 saturated heterocycles. The maximum absolute atomic E-state index is 11.8. The van der Waals surface area contributed by atoms with Crippen molar-refractivity contribution in [3.05, 3.63) is 46.7 Å². The van der Waals surface area contributed by atoms with Gasteiger partial charge in [-0.05, 0) is 40.2 Å². The molecule has 2 aromatic rings. The Kier molecular flexibility index (Phi) is 4.01. The smallest absolute Gasteiger partial charge is 0.230 e. The van der Waals surface area contributed by atoms with Gasteiger partial charge in [-0.15, -0.1) is 0 Å². The number of rotatable bonds is 3. The number of nitrogens with zero attached hydrogens (tertiary/aromatic N) is 1. The van der Waals surface area contributed by atoms with Gasteiger partial charge in [-0.3, -0.25) is 9.78 Å². The van der Waals surface area contributed by atoms with Crippen LogP contribution in [0.25, 0.3) is 0 Å². The first kappa shape index (κ1) is 13.4. The topological polar surface area (TPSA) is 88.2 Å². The molecule has 1 heterocycles. The van der Waals surface area contributed by atoms with E-state index in [1.54, 1.807) is 30.3 Å². The molecule has 1 amide bonds. The average Bonchev–Trinajstić information content (AvgIpc) is 2.38. The number of carbonyl (C=O) groups is 1. The molecule has 0 atom stereocenters. The van der Waals surface area contributed by atoms with E-state index in [0.717, 1.165) is 0 Å². The Labute approximate surface area is 118 Å². The van der Waals surface area contributed by atoms with Crippen LogP contribution in [0.1, 0.15) is 5.69 Å². The van der Waals surface area contributed by atoms with Gasteiger partial charge < -0.3 is 16.2 Å². The number of hydrogen-bond acceptors (Lipinski definition) is 4. The molecule has 0 aliphatic carbocycles. The molecule has 0 aliphatic rings. The minimum absolute atomic E-state index is 0.00103. The van der Waals surface area contributed by atoms with E-state index >= 15 is 0 Å². The van der Waals surface area contributed by atoms with Crippen LogP contribution in [0, 0.1) is 0 Å². The van der Waals surface area contributed by atoms with Crippen LogP contribution in [0.4, 0.5) is 11.4 Å². The fourth-order valence-corrected chi connectivity index (χ4v) is 1.88. The molecule has 0 aliphatic heterocycles. The Bertz CT molecular complexity index is 599. The Morgan fingerprint density at radius 1 is 1.37 bits per heavy atom. The van der Waals surface area contributed by atoms with E-state index in [2.05, 4.69) is 26.2 Å². The third kappa shape index (κ3) is 3.45. The number of carbonyl (C=O) groups excluding carboxylic acids is 1. The van der Waals surface area contributed by atoms with Gasteiger partial charge >= 0.3 is 0 Å². The summed E-state index contributed by atoms with van der Waals surface area (Å²) in [5.41, 5.74) is 7.03. The monoisotopic (exact) mass is 321 g/mol. The number of benzene rings is 1. The fourth-order valence-electron chi connectivity index (χ4n) is 1.52. The minimum atomic E-state index is -0.259. The molecule has 0 saturated carbocycles. The highest BCUT2D eigenvalue weighted by Crippen LogP contribution is 2.31. The quantitative estimate of drug-likeness (QED) is 0.757. The highest BCUT2D eigenvalue weighted by atomic mass is 79.9. The molecule has 1 aromatic heterocycles. The summed E-state index contributed by atoms with van der Waals surface area (Å²) in [5, 5.41) is 12.4. The van der Waals surface area contributed by atoms with Crippen molar-refractivity contribution in [1.82, 2.24) is 4.98 Å². The van der Waals surface area contributed by atoms with Crippen molar-refractivity contribution in [2.45, 2.75) is 6.42 Å². The fraction of sp³-hybridized carbons (Fsp3) is 0.0769. The van der Waals surface area contributed by atoms with Crippen LogP contribution >= 0.6 is 15.9 Å². The van der Waals surface area contributed by atoms with E-state index in [1.165, 1.54) is 6.20 Å². The maximum atomic E-state index is 11.8. The van der Waals surface area contributed by atoms with Gasteiger partial charge in [-0.1, -0.05) is 6.07 Å². The van der Waals surface area contributed by atoms with Crippen LogP contribution in [0.5, 0.6) is 5.75 Å². The first-order valence-electron chi connectivity index (χ1n) is 5.54. The van der Waals surface area contributed by atoms with Crippen LogP contribution in [-0.4, -0.2) is 16.0 Å². The molecular formula is C13H12BrN3O2. The van der Waals surface area contributed by atoms with Gasteiger partial charge in [0.25, 0.3) is 0 Å². The van der Waals surface area contributed by atoms with Crippen molar-refractivity contribution >= 4 is 33.2 Å². The number of nitrogen functional groups attached to an aromatic ring is 1. The Hall–Kier alpha value is -2.08. The van der Waals surface area contributed by atoms with E-state index < -0.39 is 0 Å². The molecule has 0 radical (unpaired) electrons. The standard InChI is InChI=1S/C13H12BrN3O2/c14-10-2-1-3-11(13(10)19)17-12(18)6-9-5-4-8(15)7-16-9/h1-5,7,19H,6,15H2,(H,17,18). The van der Waals surface area contributed by atoms with Crippen molar-refractivity contribution < 1.29 is 9.90 Å². The number of amides is 1. The zero-order valence-corrected chi connectivity index (χ0v) is 11.5. The SMILES string of the molecule is Nc1ccc(CC(=O)Nc2cccc(Br)c2O)nc1. The van der Waals surface area contributed by atoms with E-state index in [9.17, 15) is 9.90 Å². The van der Waals surface area contributed by atoms with Gasteiger partial charge in [0.1, 0.15) is 0 Å². The predicted molar refractivity (Wildman–Crippen MR) is 76.8 cm³/mol. The number of aromatic nitrogens is 1. The number of para-hydroxylation sites is 1. The lowest BCUT2D eigenvalue weighted by Crippen LogP contribution is -2.15. The second kappa shape index (κ2) is 5.71. The molecular weight excluding hydrogens is 310 g/mol. The van der Waals surface area contributed by atoms with E-state index in [0.29, 0.717) is 21.5 Å². The van der Waals surface area contributed by atoms with Crippen molar-refractivity contribution in [1.29, 1.82) is 0 Å². The zero-order valence-electron chi connectivity index (χ0n) is 9.93. The number of hydrogen-bond donors (Lipinski definition) is 3. The average molecular weight is 322 g/mol. The first-order chi connectivity index (χ1) is 9.06. The summed E-state index contributed by atoms with van der Waals surface area (Å²) < 4.78 is 0.524. The number of aromatic hydroxyl groups is 1. The number of pyridine rings is 1. The normalized spacial score (nSPS) is 10.2. The first-order valence-corrected chi connectivity index (χ1v) is 6.33. The summed E-state index contributed by atoms with van der Waals surface area (Å²) in [6.45, 7) is 0. The summed E-state index contributed by atoms with van der Waals surface area (Å²) in [4.78, 5) is 15.9. The molecule has 19 heavy (non-hydrogen) atoms. The van der Waals surface area contributed by atoms with E-state index in [-0.39, 0.29) is 18.1 Å². The summed E-state index contributed by atoms with van der Waals surface area (Å²) in [6.07, 6.45) is 1.62. The lowest BCUT2D eigenvalue weighted by Gasteiger charge is -2.08. The lowest BCUT2D eigenvalue weighted by molar-refractivity contribution is -0.115. The molecule has 0 fully saturated rings. The third-order valence-corrected chi connectivity index (χ3v) is 3.09. The Morgan fingerprint density at radius 3 is 2.84 bits per heavy atom. The van der Waals surface area contributed by atoms with E-state index in [4.69, 9.17) is 5.73 Å². The maximum Gasteiger partial charge on any atom is 0.230 e. The molecule has 6 heteroatoms. The van der Waals surface area contributed by atoms with Crippen molar-refractivity contribution in [2.24, 2.45) is 0 Å². The van der Waals surface area contributed by atoms with Crippen molar-refractivity contribution in [3.8, 4) is 5.75 Å². The van der Waals surface area contributed by atoms with Crippen LogP contribution in [0.2, 0.25) is 0 Å². The van der Waals surface area contributed by atoms with Gasteiger partial charge in [0.15, 0.2) is 5.75 Å². The summed E-state index contributed by atoms with van der Waals surface area (Å²) in [7, 11) is 0. The molecule has 98 valence electrons. The van der Waals surface area contributed by atoms with Crippen LogP contribution < -0.4 is 11.1 Å². The lowest BCUT2D eigenvalue weighted by atomic mass is 10.2. The number of halogens is 1. The van der Waals surface area contributed by atoms with Gasteiger partial charge in [0, 0.05) is 5.69 Å². The van der Waals surface area contributed by atoms with Crippen LogP contribution in [0.15, 0.2) is 41.0 Å². The Morgan fingerprint density at radius 2 is 2.16 bits per heavy atom. The summed E-state index contributed by atoms with van der Waals surface area (Å²) in [6, 6.07) is 8.41. The molecule has 0 unspecified atom stereocenters. The molecule has 0 spiro atoms. The molecule has 0 bridgehead atoms. The van der Waals surface area contributed by atoms with Gasteiger partial charge in [0.2, 0.25) is 5.91 Å². The van der Waals surface area contributed by atoms with Gasteiger partial charge in [-0.2, -0.15) is 0 Å². The van der Waals surface area contributed by atoms with E-state index in [1.807, 2.05) is 0 Å². The van der Waals surface area contributed by atoms with Crippen LogP contribution in [0.3, 0.4) is 0 Å². The summed E-state index contributed by atoms with van der Waals surface area (Å²) in [5.74, 6) is -0.258. The summed E-state index contributed by atoms with van der Waals surface area (Å²) >= 11 is 3.18. The highest BCUT2D eigenvalue weighted by molar-refractivity contribution is 9.10.